The maximum absolute atomic E-state index is 13.3. The van der Waals surface area contributed by atoms with Crippen LogP contribution < -0.4 is 0 Å². The molecule has 2 atom stereocenters. The van der Waals surface area contributed by atoms with Crippen molar-refractivity contribution in [3.8, 4) is 0 Å². The fourth-order valence-electron chi connectivity index (χ4n) is 3.87. The quantitative estimate of drug-likeness (QED) is 0.808. The first kappa shape index (κ1) is 18.8. The van der Waals surface area contributed by atoms with Crippen LogP contribution in [0.4, 0.5) is 4.79 Å². The van der Waals surface area contributed by atoms with Crippen molar-refractivity contribution in [3.05, 3.63) is 46.7 Å². The van der Waals surface area contributed by atoms with Crippen molar-refractivity contribution in [2.45, 2.75) is 32.1 Å². The summed E-state index contributed by atoms with van der Waals surface area (Å²) in [5.41, 5.74) is 1.75. The van der Waals surface area contributed by atoms with Gasteiger partial charge in [-0.25, -0.2) is 9.79 Å². The molecule has 4 rings (SSSR count). The molecule has 3 heterocycles. The van der Waals surface area contributed by atoms with Crippen LogP contribution in [0.25, 0.3) is 0 Å². The van der Waals surface area contributed by atoms with Crippen molar-refractivity contribution in [3.63, 3.8) is 0 Å². The Balaban J connectivity index is 1.61. The number of carbonyl (C=O) groups excluding carboxylic acids is 2. The molecule has 0 saturated carbocycles. The third kappa shape index (κ3) is 2.93. The van der Waals surface area contributed by atoms with Gasteiger partial charge in [-0.1, -0.05) is 23.7 Å². The zero-order valence-corrected chi connectivity index (χ0v) is 16.5. The Morgan fingerprint density at radius 1 is 1.25 bits per heavy atom. The molecular weight excluding hydrogens is 382 g/mol. The predicted octanol–water partition coefficient (Wildman–Crippen LogP) is 1.66. The summed E-state index contributed by atoms with van der Waals surface area (Å²) in [6.45, 7) is 2.78. The van der Waals surface area contributed by atoms with Gasteiger partial charge in [0.15, 0.2) is 12.2 Å². The number of aliphatic imine (C=N–C) groups is 1. The molecule has 9 heteroatoms. The molecule has 3 aliphatic rings. The Labute approximate surface area is 168 Å². The summed E-state index contributed by atoms with van der Waals surface area (Å²) in [5.74, 6) is 0.374. The van der Waals surface area contributed by atoms with Crippen LogP contribution in [-0.4, -0.2) is 75.0 Å². The van der Waals surface area contributed by atoms with Gasteiger partial charge >= 0.3 is 6.03 Å². The van der Waals surface area contributed by atoms with Crippen LogP contribution in [0.5, 0.6) is 0 Å². The lowest BCUT2D eigenvalue weighted by Gasteiger charge is -2.40. The van der Waals surface area contributed by atoms with Crippen molar-refractivity contribution in [1.29, 1.82) is 0 Å². The first-order valence-corrected chi connectivity index (χ1v) is 9.55. The average molecular weight is 404 g/mol. The number of aliphatic hydroxyl groups is 1. The monoisotopic (exact) mass is 403 g/mol. The van der Waals surface area contributed by atoms with Gasteiger partial charge in [-0.15, -0.1) is 0 Å². The number of aliphatic hydroxyl groups excluding tert-OH is 1. The third-order valence-corrected chi connectivity index (χ3v) is 5.51. The van der Waals surface area contributed by atoms with E-state index in [0.29, 0.717) is 23.9 Å². The number of likely N-dealkylation sites (N-methyl/N-ethyl adjacent to an activating group) is 1. The van der Waals surface area contributed by atoms with Gasteiger partial charge in [0.2, 0.25) is 5.96 Å². The highest BCUT2D eigenvalue weighted by molar-refractivity contribution is 6.30. The van der Waals surface area contributed by atoms with Gasteiger partial charge < -0.3 is 19.8 Å². The van der Waals surface area contributed by atoms with Gasteiger partial charge in [0.1, 0.15) is 0 Å². The largest absolute Gasteiger partial charge is 0.396 e. The van der Waals surface area contributed by atoms with Gasteiger partial charge in [0.25, 0.3) is 5.91 Å². The molecule has 3 amide bonds. The molecule has 2 unspecified atom stereocenters. The number of carbonyl (C=O) groups is 2. The van der Waals surface area contributed by atoms with E-state index in [-0.39, 0.29) is 25.1 Å². The minimum atomic E-state index is -0.592. The van der Waals surface area contributed by atoms with E-state index >= 15 is 0 Å². The highest BCUT2D eigenvalue weighted by Crippen LogP contribution is 2.34. The number of urea groups is 1. The molecule has 0 bridgehead atoms. The van der Waals surface area contributed by atoms with E-state index in [0.717, 1.165) is 11.3 Å². The molecule has 0 radical (unpaired) electrons. The van der Waals surface area contributed by atoms with Crippen LogP contribution in [0.3, 0.4) is 0 Å². The second-order valence-corrected chi connectivity index (χ2v) is 7.58. The summed E-state index contributed by atoms with van der Waals surface area (Å²) < 4.78 is 0. The molecule has 0 aliphatic carbocycles. The summed E-state index contributed by atoms with van der Waals surface area (Å²) in [4.78, 5) is 37.4. The van der Waals surface area contributed by atoms with E-state index in [1.54, 1.807) is 25.2 Å². The van der Waals surface area contributed by atoms with Gasteiger partial charge in [-0.2, -0.15) is 0 Å². The van der Waals surface area contributed by atoms with E-state index in [4.69, 9.17) is 16.7 Å². The van der Waals surface area contributed by atoms with E-state index in [9.17, 15) is 9.59 Å². The zero-order chi connectivity index (χ0) is 20.0. The molecule has 28 heavy (non-hydrogen) atoms. The Morgan fingerprint density at radius 2 is 2.04 bits per heavy atom. The highest BCUT2D eigenvalue weighted by atomic mass is 35.5. The third-order valence-electron chi connectivity index (χ3n) is 5.27. The number of fused-ring (bicyclic) bond motifs is 3. The van der Waals surface area contributed by atoms with Crippen molar-refractivity contribution in [2.75, 3.05) is 20.2 Å². The summed E-state index contributed by atoms with van der Waals surface area (Å²) >= 11 is 6.04. The second-order valence-electron chi connectivity index (χ2n) is 7.14. The molecule has 1 aromatic rings. The number of allylic oxidation sites excluding steroid dienone is 1. The maximum Gasteiger partial charge on any atom is 0.328 e. The fourth-order valence-corrected chi connectivity index (χ4v) is 4.08. The lowest BCUT2D eigenvalue weighted by atomic mass is 10.1. The number of benzene rings is 1. The molecule has 1 N–H and O–H groups in total. The number of nitrogens with zero attached hydrogens (tertiary/aromatic N) is 5. The van der Waals surface area contributed by atoms with Gasteiger partial charge in [-0.3, -0.25) is 9.69 Å². The Kier molecular flexibility index (Phi) is 4.76. The molecule has 1 saturated heterocycles. The van der Waals surface area contributed by atoms with E-state index in [1.807, 2.05) is 29.0 Å². The Hall–Kier alpha value is -2.58. The minimum Gasteiger partial charge on any atom is -0.396 e. The smallest absolute Gasteiger partial charge is 0.328 e. The first-order chi connectivity index (χ1) is 13.4. The molecule has 1 fully saturated rings. The molecule has 1 aromatic carbocycles. The van der Waals surface area contributed by atoms with Crippen LogP contribution in [0.1, 0.15) is 18.9 Å². The van der Waals surface area contributed by atoms with Gasteiger partial charge in [0.05, 0.1) is 6.54 Å². The number of hydrogen-bond acceptors (Lipinski definition) is 6. The summed E-state index contributed by atoms with van der Waals surface area (Å²) in [5, 5.41) is 9.71. The van der Waals surface area contributed by atoms with Crippen LogP contribution in [0.2, 0.25) is 5.02 Å². The second kappa shape index (κ2) is 7.10. The lowest BCUT2D eigenvalue weighted by Crippen LogP contribution is -2.63. The van der Waals surface area contributed by atoms with E-state index < -0.39 is 12.2 Å². The summed E-state index contributed by atoms with van der Waals surface area (Å²) in [7, 11) is 1.66. The maximum atomic E-state index is 13.3. The van der Waals surface area contributed by atoms with Crippen LogP contribution in [0, 0.1) is 0 Å². The number of imide groups is 1. The lowest BCUT2D eigenvalue weighted by molar-refractivity contribution is -0.137. The zero-order valence-electron chi connectivity index (χ0n) is 15.7. The summed E-state index contributed by atoms with van der Waals surface area (Å²) in [6.07, 6.45) is 1.92. The molecule has 148 valence electrons. The molecule has 8 nitrogen and oxygen atoms in total. The van der Waals surface area contributed by atoms with Crippen LogP contribution in [0.15, 0.2) is 41.2 Å². The normalized spacial score (nSPS) is 23.9. The number of guanidine groups is 1. The van der Waals surface area contributed by atoms with Crippen LogP contribution >= 0.6 is 11.6 Å². The average Bonchev–Trinajstić information content (AvgIpc) is 3.17. The van der Waals surface area contributed by atoms with E-state index in [2.05, 4.69) is 4.99 Å². The van der Waals surface area contributed by atoms with Crippen molar-refractivity contribution in [2.24, 2.45) is 4.99 Å². The standard InChI is InChI=1S/C19H22ClN5O3/c1-12-10-24-15-16(21-18(24)23(12)7-4-8-26)22(2)19(28)25(17(15)27)11-13-5-3-6-14(20)9-13/h3,5-6,9-10,15-16,26H,4,7-8,11H2,1-2H3. The number of hydrogen-bond donors (Lipinski definition) is 1. The Morgan fingerprint density at radius 3 is 2.75 bits per heavy atom. The van der Waals surface area contributed by atoms with E-state index in [1.165, 1.54) is 9.80 Å². The van der Waals surface area contributed by atoms with Gasteiger partial charge in [-0.05, 0) is 31.0 Å². The molecule has 0 spiro atoms. The number of halogens is 1. The highest BCUT2D eigenvalue weighted by Gasteiger charge is 2.54. The SMILES string of the molecule is CC1=CN2C(=NC3C2C(=O)N(Cc2cccc(Cl)c2)C(=O)N3C)N1CCCO. The molecular formula is C19H22ClN5O3. The Bertz CT molecular complexity index is 886. The van der Waals surface area contributed by atoms with Crippen molar-refractivity contribution < 1.29 is 14.7 Å². The number of amides is 3. The topological polar surface area (TPSA) is 79.7 Å². The summed E-state index contributed by atoms with van der Waals surface area (Å²) in [6, 6.07) is 6.17. The molecule has 0 aromatic heterocycles. The number of rotatable bonds is 5. The molecule has 3 aliphatic heterocycles. The van der Waals surface area contributed by atoms with Gasteiger partial charge in [0, 0.05) is 37.1 Å². The predicted molar refractivity (Wildman–Crippen MR) is 104 cm³/mol. The van der Waals surface area contributed by atoms with Crippen LogP contribution in [-0.2, 0) is 11.3 Å². The van der Waals surface area contributed by atoms with Crippen molar-refractivity contribution >= 4 is 29.5 Å². The minimum absolute atomic E-state index is 0.0780. The fraction of sp³-hybridized carbons (Fsp3) is 0.421. The van der Waals surface area contributed by atoms with Crippen molar-refractivity contribution in [1.82, 2.24) is 19.6 Å². The first-order valence-electron chi connectivity index (χ1n) is 9.18.